The van der Waals surface area contributed by atoms with Gasteiger partial charge in [0.15, 0.2) is 0 Å². The Bertz CT molecular complexity index is 855. The van der Waals surface area contributed by atoms with E-state index in [1.807, 2.05) is 6.07 Å². The number of ether oxygens (including phenoxy) is 1. The van der Waals surface area contributed by atoms with Crippen LogP contribution in [0.2, 0.25) is 0 Å². The zero-order chi connectivity index (χ0) is 16.6. The topological polar surface area (TPSA) is 106 Å². The molecular weight excluding hydrogens is 322 g/mol. The van der Waals surface area contributed by atoms with Crippen LogP contribution in [0.5, 0.6) is 5.75 Å². The van der Waals surface area contributed by atoms with Gasteiger partial charge in [-0.2, -0.15) is 0 Å². The molecule has 2 aromatic rings. The number of carbonyl (C=O) groups is 1. The monoisotopic (exact) mass is 337 g/mol. The average Bonchev–Trinajstić information content (AvgIpc) is 2.90. The van der Waals surface area contributed by atoms with Gasteiger partial charge in [0.1, 0.15) is 5.75 Å². The van der Waals surface area contributed by atoms with Crippen molar-refractivity contribution in [3.05, 3.63) is 47.2 Å². The number of carboxylic acids is 1. The number of para-hydroxylation sites is 1. The first-order valence-electron chi connectivity index (χ1n) is 6.96. The van der Waals surface area contributed by atoms with E-state index < -0.39 is 27.1 Å². The van der Waals surface area contributed by atoms with E-state index in [0.29, 0.717) is 18.8 Å². The van der Waals surface area contributed by atoms with Gasteiger partial charge in [-0.25, -0.2) is 17.9 Å². The summed E-state index contributed by atoms with van der Waals surface area (Å²) in [5, 5.41) is 8.56. The largest absolute Gasteiger partial charge is 0.493 e. The lowest BCUT2D eigenvalue weighted by Crippen LogP contribution is -2.32. The smallest absolute Gasteiger partial charge is 0.372 e. The Labute approximate surface area is 132 Å². The van der Waals surface area contributed by atoms with Crippen molar-refractivity contribution in [1.29, 1.82) is 0 Å². The molecular formula is C15H15NO6S. The average molecular weight is 337 g/mol. The molecule has 1 aliphatic heterocycles. The van der Waals surface area contributed by atoms with Crippen LogP contribution in [-0.4, -0.2) is 26.1 Å². The van der Waals surface area contributed by atoms with E-state index in [4.69, 9.17) is 14.3 Å². The van der Waals surface area contributed by atoms with Gasteiger partial charge in [-0.1, -0.05) is 18.2 Å². The molecule has 2 N–H and O–H groups in total. The lowest BCUT2D eigenvalue weighted by Gasteiger charge is -2.26. The second-order valence-corrected chi connectivity index (χ2v) is 6.88. The third-order valence-electron chi connectivity index (χ3n) is 3.61. The predicted molar refractivity (Wildman–Crippen MR) is 80.0 cm³/mol. The predicted octanol–water partition coefficient (Wildman–Crippen LogP) is 2.09. The Hall–Kier alpha value is -2.32. The summed E-state index contributed by atoms with van der Waals surface area (Å²) in [6, 6.07) is 7.92. The summed E-state index contributed by atoms with van der Waals surface area (Å²) in [4.78, 5) is 11.0. The summed E-state index contributed by atoms with van der Waals surface area (Å²) in [5.74, 6) is -1.05. The van der Waals surface area contributed by atoms with Gasteiger partial charge in [0.05, 0.1) is 12.6 Å². The van der Waals surface area contributed by atoms with Gasteiger partial charge < -0.3 is 14.3 Å². The molecule has 8 heteroatoms. The molecule has 0 spiro atoms. The number of carboxylic acid groups (broad SMARTS) is 1. The molecule has 0 saturated heterocycles. The van der Waals surface area contributed by atoms with Crippen molar-refractivity contribution in [2.24, 2.45) is 0 Å². The van der Waals surface area contributed by atoms with Crippen LogP contribution in [0.25, 0.3) is 0 Å². The molecule has 0 radical (unpaired) electrons. The number of furan rings is 1. The van der Waals surface area contributed by atoms with E-state index in [9.17, 15) is 13.2 Å². The van der Waals surface area contributed by atoms with E-state index in [-0.39, 0.29) is 11.3 Å². The van der Waals surface area contributed by atoms with E-state index in [1.165, 1.54) is 13.0 Å². The van der Waals surface area contributed by atoms with Crippen molar-refractivity contribution in [2.45, 2.75) is 24.5 Å². The molecule has 0 saturated carbocycles. The number of hydrogen-bond donors (Lipinski definition) is 2. The number of benzene rings is 1. The first-order chi connectivity index (χ1) is 10.9. The SMILES string of the molecule is Cc1cc(S(=O)(=O)NC2CCOc3ccccc32)oc1C(=O)O. The van der Waals surface area contributed by atoms with Gasteiger partial charge in [-0.05, 0) is 13.0 Å². The van der Waals surface area contributed by atoms with Crippen molar-refractivity contribution in [3.63, 3.8) is 0 Å². The molecule has 2 heterocycles. The minimum atomic E-state index is -3.97. The van der Waals surface area contributed by atoms with E-state index in [2.05, 4.69) is 4.72 Å². The molecule has 122 valence electrons. The lowest BCUT2D eigenvalue weighted by molar-refractivity contribution is 0.0655. The van der Waals surface area contributed by atoms with Gasteiger partial charge in [-0.15, -0.1) is 0 Å². The van der Waals surface area contributed by atoms with E-state index in [0.717, 1.165) is 5.56 Å². The van der Waals surface area contributed by atoms with Crippen LogP contribution in [0.15, 0.2) is 39.8 Å². The minimum Gasteiger partial charge on any atom is -0.493 e. The maximum Gasteiger partial charge on any atom is 0.372 e. The summed E-state index contributed by atoms with van der Waals surface area (Å²) < 4.78 is 38.0. The van der Waals surface area contributed by atoms with Gasteiger partial charge in [0.2, 0.25) is 10.9 Å². The maximum absolute atomic E-state index is 12.5. The number of aromatic carboxylic acids is 1. The lowest BCUT2D eigenvalue weighted by atomic mass is 10.0. The van der Waals surface area contributed by atoms with Crippen molar-refractivity contribution in [2.75, 3.05) is 6.61 Å². The summed E-state index contributed by atoms with van der Waals surface area (Å²) >= 11 is 0. The van der Waals surface area contributed by atoms with Crippen LogP contribution < -0.4 is 9.46 Å². The quantitative estimate of drug-likeness (QED) is 0.885. The van der Waals surface area contributed by atoms with Crippen LogP contribution >= 0.6 is 0 Å². The second-order valence-electron chi connectivity index (χ2n) is 5.23. The number of rotatable bonds is 4. The van der Waals surface area contributed by atoms with Crippen LogP contribution in [0, 0.1) is 6.92 Å². The zero-order valence-corrected chi connectivity index (χ0v) is 13.1. The Balaban J connectivity index is 1.91. The third kappa shape index (κ3) is 2.95. The van der Waals surface area contributed by atoms with Crippen molar-refractivity contribution in [1.82, 2.24) is 4.72 Å². The summed E-state index contributed by atoms with van der Waals surface area (Å²) in [6.07, 6.45) is 0.474. The second kappa shape index (κ2) is 5.71. The molecule has 1 atom stereocenters. The Kier molecular flexibility index (Phi) is 3.87. The van der Waals surface area contributed by atoms with Crippen molar-refractivity contribution >= 4 is 16.0 Å². The molecule has 0 aliphatic carbocycles. The zero-order valence-electron chi connectivity index (χ0n) is 12.3. The molecule has 23 heavy (non-hydrogen) atoms. The molecule has 7 nitrogen and oxygen atoms in total. The first kappa shape index (κ1) is 15.6. The van der Waals surface area contributed by atoms with Crippen LogP contribution in [0.4, 0.5) is 0 Å². The third-order valence-corrected chi connectivity index (χ3v) is 4.94. The normalized spacial score (nSPS) is 17.3. The van der Waals surface area contributed by atoms with Crippen LogP contribution in [0.3, 0.4) is 0 Å². The molecule has 0 bridgehead atoms. The fraction of sp³-hybridized carbons (Fsp3) is 0.267. The maximum atomic E-state index is 12.5. The summed E-state index contributed by atoms with van der Waals surface area (Å²) in [5.41, 5.74) is 0.995. The molecule has 1 aromatic heterocycles. The van der Waals surface area contributed by atoms with E-state index >= 15 is 0 Å². The molecule has 1 unspecified atom stereocenters. The molecule has 1 aromatic carbocycles. The van der Waals surface area contributed by atoms with Crippen LogP contribution in [0.1, 0.15) is 34.1 Å². The number of fused-ring (bicyclic) bond motifs is 1. The summed E-state index contributed by atoms with van der Waals surface area (Å²) in [7, 11) is -3.97. The highest BCUT2D eigenvalue weighted by molar-refractivity contribution is 7.89. The minimum absolute atomic E-state index is 0.255. The number of hydrogen-bond acceptors (Lipinski definition) is 5. The highest BCUT2D eigenvalue weighted by Gasteiger charge is 2.29. The molecule has 3 rings (SSSR count). The fourth-order valence-electron chi connectivity index (χ4n) is 2.51. The summed E-state index contributed by atoms with van der Waals surface area (Å²) in [6.45, 7) is 1.87. The highest BCUT2D eigenvalue weighted by Crippen LogP contribution is 2.33. The van der Waals surface area contributed by atoms with Gasteiger partial charge in [0, 0.05) is 23.6 Å². The number of sulfonamides is 1. The standard InChI is InChI=1S/C15H15NO6S/c1-9-8-13(22-14(9)15(17)18)23(19,20)16-11-6-7-21-12-5-3-2-4-10(11)12/h2-5,8,11,16H,6-7H2,1H3,(H,17,18). The van der Waals surface area contributed by atoms with Gasteiger partial charge in [-0.3, -0.25) is 0 Å². The van der Waals surface area contributed by atoms with Crippen molar-refractivity contribution < 1.29 is 27.5 Å². The van der Waals surface area contributed by atoms with Gasteiger partial charge >= 0.3 is 5.97 Å². The van der Waals surface area contributed by atoms with Gasteiger partial charge in [0.25, 0.3) is 10.0 Å². The number of nitrogens with one attached hydrogen (secondary N) is 1. The van der Waals surface area contributed by atoms with Crippen molar-refractivity contribution in [3.8, 4) is 5.75 Å². The van der Waals surface area contributed by atoms with Crippen LogP contribution in [-0.2, 0) is 10.0 Å². The highest BCUT2D eigenvalue weighted by atomic mass is 32.2. The Morgan fingerprint density at radius 1 is 1.35 bits per heavy atom. The first-order valence-corrected chi connectivity index (χ1v) is 8.44. The molecule has 0 amide bonds. The Morgan fingerprint density at radius 2 is 2.09 bits per heavy atom. The fourth-order valence-corrected chi connectivity index (χ4v) is 3.77. The number of aryl methyl sites for hydroxylation is 1. The molecule has 1 aliphatic rings. The molecule has 0 fully saturated rings. The Morgan fingerprint density at radius 3 is 2.78 bits per heavy atom. The van der Waals surface area contributed by atoms with E-state index in [1.54, 1.807) is 18.2 Å².